The Morgan fingerprint density at radius 2 is 2.14 bits per heavy atom. The van der Waals surface area contributed by atoms with Crippen LogP contribution in [0.4, 0.5) is 5.69 Å². The Balaban J connectivity index is 2.04. The van der Waals surface area contributed by atoms with E-state index in [9.17, 15) is 4.79 Å². The number of nitrogens with zero attached hydrogens (tertiary/aromatic N) is 1. The fraction of sp³-hybridized carbons (Fsp3) is 0.125. The Morgan fingerprint density at radius 3 is 2.77 bits per heavy atom. The van der Waals surface area contributed by atoms with Gasteiger partial charge in [-0.25, -0.2) is 0 Å². The monoisotopic (exact) mass is 378 g/mol. The molecule has 1 atom stereocenters. The molecule has 0 aliphatic heterocycles. The summed E-state index contributed by atoms with van der Waals surface area (Å²) in [5.74, 6) is 0.0658. The standard InChI is InChI=1S/C16H12BrClN2O2/c1-10(16(21)20-13-4-2-3-12(17)8-13)22-15-6-5-11(9-19)7-14(15)18/h2-8,10H,1H3,(H,20,21). The molecule has 0 heterocycles. The normalized spacial score (nSPS) is 11.4. The highest BCUT2D eigenvalue weighted by molar-refractivity contribution is 9.10. The lowest BCUT2D eigenvalue weighted by Crippen LogP contribution is -2.30. The molecule has 0 fully saturated rings. The van der Waals surface area contributed by atoms with E-state index in [1.165, 1.54) is 6.07 Å². The maximum absolute atomic E-state index is 12.1. The van der Waals surface area contributed by atoms with Gasteiger partial charge in [-0.2, -0.15) is 5.26 Å². The Hall–Kier alpha value is -2.03. The van der Waals surface area contributed by atoms with Crippen molar-refractivity contribution in [3.05, 3.63) is 57.5 Å². The fourth-order valence-electron chi connectivity index (χ4n) is 1.72. The van der Waals surface area contributed by atoms with Crippen LogP contribution in [-0.2, 0) is 4.79 Å². The zero-order chi connectivity index (χ0) is 16.1. The van der Waals surface area contributed by atoms with Crippen LogP contribution in [0.5, 0.6) is 5.75 Å². The van der Waals surface area contributed by atoms with E-state index >= 15 is 0 Å². The summed E-state index contributed by atoms with van der Waals surface area (Å²) in [6.07, 6.45) is -0.732. The minimum Gasteiger partial charge on any atom is -0.479 e. The van der Waals surface area contributed by atoms with Crippen molar-refractivity contribution in [2.24, 2.45) is 0 Å². The predicted octanol–water partition coefficient (Wildman–Crippen LogP) is 4.38. The van der Waals surface area contributed by atoms with E-state index in [4.69, 9.17) is 21.6 Å². The topological polar surface area (TPSA) is 62.1 Å². The highest BCUT2D eigenvalue weighted by Crippen LogP contribution is 2.26. The smallest absolute Gasteiger partial charge is 0.265 e. The van der Waals surface area contributed by atoms with Crippen molar-refractivity contribution in [1.82, 2.24) is 0 Å². The molecule has 1 unspecified atom stereocenters. The van der Waals surface area contributed by atoms with Gasteiger partial charge in [0.05, 0.1) is 16.7 Å². The van der Waals surface area contributed by atoms with Gasteiger partial charge in [-0.05, 0) is 43.3 Å². The third-order valence-corrected chi connectivity index (χ3v) is 3.61. The highest BCUT2D eigenvalue weighted by Gasteiger charge is 2.16. The van der Waals surface area contributed by atoms with Gasteiger partial charge in [0.15, 0.2) is 6.10 Å². The second-order valence-corrected chi connectivity index (χ2v) is 5.84. The number of nitriles is 1. The molecule has 2 rings (SSSR count). The van der Waals surface area contributed by atoms with Gasteiger partial charge in [-0.3, -0.25) is 4.79 Å². The molecule has 1 N–H and O–H groups in total. The molecule has 2 aromatic carbocycles. The SMILES string of the molecule is CC(Oc1ccc(C#N)cc1Cl)C(=O)Nc1cccc(Br)c1. The molecule has 2 aromatic rings. The maximum atomic E-state index is 12.1. The minimum absolute atomic E-state index is 0.293. The third-order valence-electron chi connectivity index (χ3n) is 2.83. The molecule has 0 saturated heterocycles. The summed E-state index contributed by atoms with van der Waals surface area (Å²) in [6.45, 7) is 1.63. The second kappa shape index (κ2) is 7.30. The van der Waals surface area contributed by atoms with Crippen LogP contribution in [0, 0.1) is 11.3 Å². The van der Waals surface area contributed by atoms with Crippen LogP contribution in [-0.4, -0.2) is 12.0 Å². The minimum atomic E-state index is -0.732. The van der Waals surface area contributed by atoms with E-state index in [-0.39, 0.29) is 5.91 Å². The van der Waals surface area contributed by atoms with Gasteiger partial charge in [0.1, 0.15) is 5.75 Å². The summed E-state index contributed by atoms with van der Waals surface area (Å²) in [6, 6.07) is 13.9. The highest BCUT2D eigenvalue weighted by atomic mass is 79.9. The van der Waals surface area contributed by atoms with E-state index < -0.39 is 6.10 Å². The number of anilines is 1. The Morgan fingerprint density at radius 1 is 1.36 bits per heavy atom. The predicted molar refractivity (Wildman–Crippen MR) is 89.0 cm³/mol. The number of carbonyl (C=O) groups excluding carboxylic acids is 1. The van der Waals surface area contributed by atoms with Crippen LogP contribution in [0.15, 0.2) is 46.9 Å². The molecular weight excluding hydrogens is 368 g/mol. The van der Waals surface area contributed by atoms with Crippen LogP contribution in [0.25, 0.3) is 0 Å². The van der Waals surface area contributed by atoms with Crippen LogP contribution in [0.2, 0.25) is 5.02 Å². The number of ether oxygens (including phenoxy) is 1. The van der Waals surface area contributed by atoms with Crippen molar-refractivity contribution in [3.63, 3.8) is 0 Å². The summed E-state index contributed by atoms with van der Waals surface area (Å²) in [5, 5.41) is 11.8. The van der Waals surface area contributed by atoms with Crippen LogP contribution < -0.4 is 10.1 Å². The summed E-state index contributed by atoms with van der Waals surface area (Å²) in [7, 11) is 0. The number of hydrogen-bond donors (Lipinski definition) is 1. The van der Waals surface area contributed by atoms with Gasteiger partial charge in [-0.1, -0.05) is 33.6 Å². The van der Waals surface area contributed by atoms with E-state index in [2.05, 4.69) is 21.2 Å². The quantitative estimate of drug-likeness (QED) is 0.857. The number of halogens is 2. The number of rotatable bonds is 4. The first-order valence-corrected chi connectivity index (χ1v) is 7.59. The molecule has 6 heteroatoms. The van der Waals surface area contributed by atoms with Crippen molar-refractivity contribution in [2.45, 2.75) is 13.0 Å². The van der Waals surface area contributed by atoms with E-state index in [0.717, 1.165) is 4.47 Å². The van der Waals surface area contributed by atoms with Gasteiger partial charge < -0.3 is 10.1 Å². The first kappa shape index (κ1) is 16.3. The zero-order valence-electron chi connectivity index (χ0n) is 11.6. The number of benzene rings is 2. The molecule has 0 bridgehead atoms. The van der Waals surface area contributed by atoms with E-state index in [1.54, 1.807) is 31.2 Å². The van der Waals surface area contributed by atoms with E-state index in [1.807, 2.05) is 18.2 Å². The lowest BCUT2D eigenvalue weighted by Gasteiger charge is -2.15. The summed E-state index contributed by atoms with van der Waals surface area (Å²) in [5.41, 5.74) is 1.10. The Labute approximate surface area is 141 Å². The fourth-order valence-corrected chi connectivity index (χ4v) is 2.34. The lowest BCUT2D eigenvalue weighted by atomic mass is 10.2. The largest absolute Gasteiger partial charge is 0.479 e. The summed E-state index contributed by atoms with van der Waals surface area (Å²) >= 11 is 9.36. The average molecular weight is 380 g/mol. The average Bonchev–Trinajstić information content (AvgIpc) is 2.49. The number of nitrogens with one attached hydrogen (secondary N) is 1. The Bertz CT molecular complexity index is 743. The van der Waals surface area contributed by atoms with Crippen LogP contribution >= 0.6 is 27.5 Å². The van der Waals surface area contributed by atoms with Crippen molar-refractivity contribution in [3.8, 4) is 11.8 Å². The second-order valence-electron chi connectivity index (χ2n) is 4.52. The van der Waals surface area contributed by atoms with Crippen LogP contribution in [0.3, 0.4) is 0 Å². The molecule has 0 aliphatic carbocycles. The van der Waals surface area contributed by atoms with Crippen molar-refractivity contribution in [1.29, 1.82) is 5.26 Å². The molecule has 0 radical (unpaired) electrons. The maximum Gasteiger partial charge on any atom is 0.265 e. The summed E-state index contributed by atoms with van der Waals surface area (Å²) < 4.78 is 6.41. The van der Waals surface area contributed by atoms with Gasteiger partial charge in [0.2, 0.25) is 0 Å². The number of carbonyl (C=O) groups is 1. The molecule has 4 nitrogen and oxygen atoms in total. The Kier molecular flexibility index (Phi) is 5.42. The molecule has 1 amide bonds. The summed E-state index contributed by atoms with van der Waals surface area (Å²) in [4.78, 5) is 12.1. The van der Waals surface area contributed by atoms with Crippen molar-refractivity contribution < 1.29 is 9.53 Å². The first-order valence-electron chi connectivity index (χ1n) is 6.42. The lowest BCUT2D eigenvalue weighted by molar-refractivity contribution is -0.122. The molecule has 0 saturated carbocycles. The zero-order valence-corrected chi connectivity index (χ0v) is 14.0. The molecule has 22 heavy (non-hydrogen) atoms. The number of amides is 1. The molecule has 112 valence electrons. The van der Waals surface area contributed by atoms with Crippen molar-refractivity contribution >= 4 is 39.1 Å². The first-order chi connectivity index (χ1) is 10.5. The molecule has 0 aliphatic rings. The molecule has 0 aromatic heterocycles. The molecular formula is C16H12BrClN2O2. The van der Waals surface area contributed by atoms with Crippen LogP contribution in [0.1, 0.15) is 12.5 Å². The molecule has 0 spiro atoms. The third kappa shape index (κ3) is 4.23. The van der Waals surface area contributed by atoms with Gasteiger partial charge in [0.25, 0.3) is 5.91 Å². The number of hydrogen-bond acceptors (Lipinski definition) is 3. The van der Waals surface area contributed by atoms with Crippen molar-refractivity contribution in [2.75, 3.05) is 5.32 Å². The van der Waals surface area contributed by atoms with Gasteiger partial charge in [0, 0.05) is 10.2 Å². The van der Waals surface area contributed by atoms with E-state index in [0.29, 0.717) is 22.0 Å². The van der Waals surface area contributed by atoms with Gasteiger partial charge in [-0.15, -0.1) is 0 Å². The van der Waals surface area contributed by atoms with Gasteiger partial charge >= 0.3 is 0 Å².